The summed E-state index contributed by atoms with van der Waals surface area (Å²) in [6, 6.07) is 24.2. The van der Waals surface area contributed by atoms with Crippen LogP contribution < -0.4 is 10.2 Å². The number of benzene rings is 3. The second-order valence-corrected chi connectivity index (χ2v) is 6.80. The van der Waals surface area contributed by atoms with Crippen molar-refractivity contribution in [3.8, 4) is 5.75 Å². The van der Waals surface area contributed by atoms with Crippen LogP contribution in [0.2, 0.25) is 5.02 Å². The summed E-state index contributed by atoms with van der Waals surface area (Å²) in [7, 11) is 1.61. The van der Waals surface area contributed by atoms with Crippen LogP contribution >= 0.6 is 11.6 Å². The first-order valence-corrected chi connectivity index (χ1v) is 9.38. The highest BCUT2D eigenvalue weighted by Gasteiger charge is 2.31. The number of halogens is 1. The minimum Gasteiger partial charge on any atom is -0.497 e. The van der Waals surface area contributed by atoms with Crippen molar-refractivity contribution in [1.82, 2.24) is 5.01 Å². The number of amides is 1. The molecule has 1 heterocycles. The van der Waals surface area contributed by atoms with Crippen molar-refractivity contribution in [2.75, 3.05) is 12.5 Å². The molecule has 5 nitrogen and oxygen atoms in total. The van der Waals surface area contributed by atoms with Gasteiger partial charge in [0, 0.05) is 10.6 Å². The van der Waals surface area contributed by atoms with Gasteiger partial charge in [-0.15, -0.1) is 0 Å². The van der Waals surface area contributed by atoms with Gasteiger partial charge in [-0.2, -0.15) is 5.01 Å². The van der Waals surface area contributed by atoms with Crippen LogP contribution in [-0.4, -0.2) is 23.9 Å². The quantitative estimate of drug-likeness (QED) is 0.609. The molecular weight excluding hydrogens is 386 g/mol. The average Bonchev–Trinajstić information content (AvgIpc) is 3.06. The second-order valence-electron chi connectivity index (χ2n) is 6.36. The molecule has 1 aliphatic rings. The number of anilines is 1. The molecule has 29 heavy (non-hydrogen) atoms. The van der Waals surface area contributed by atoms with Gasteiger partial charge < -0.3 is 4.74 Å². The molecule has 1 amide bonds. The number of rotatable bonds is 5. The third-order valence-electron chi connectivity index (χ3n) is 4.40. The van der Waals surface area contributed by atoms with E-state index in [1.54, 1.807) is 25.3 Å². The number of nitrogens with zero attached hydrogens (tertiary/aromatic N) is 2. The molecule has 3 aromatic carbocycles. The largest absolute Gasteiger partial charge is 0.497 e. The van der Waals surface area contributed by atoms with Crippen LogP contribution in [0, 0.1) is 0 Å². The summed E-state index contributed by atoms with van der Waals surface area (Å²) in [6.45, 7) is 0. The Morgan fingerprint density at radius 1 is 0.966 bits per heavy atom. The molecule has 0 aromatic heterocycles. The van der Waals surface area contributed by atoms with Crippen LogP contribution in [0.15, 0.2) is 89.6 Å². The summed E-state index contributed by atoms with van der Waals surface area (Å²) in [5.74, 6) is 1.03. The third kappa shape index (κ3) is 4.15. The van der Waals surface area contributed by atoms with Gasteiger partial charge in [-0.05, 0) is 48.0 Å². The first kappa shape index (κ1) is 18.8. The van der Waals surface area contributed by atoms with E-state index in [4.69, 9.17) is 16.3 Å². The zero-order valence-corrected chi connectivity index (χ0v) is 16.4. The van der Waals surface area contributed by atoms with E-state index in [-0.39, 0.29) is 5.91 Å². The van der Waals surface area contributed by atoms with Crippen LogP contribution in [0.1, 0.15) is 11.1 Å². The lowest BCUT2D eigenvalue weighted by molar-refractivity contribution is -0.121. The van der Waals surface area contributed by atoms with Gasteiger partial charge in [0.1, 0.15) is 11.4 Å². The number of ether oxygens (including phenoxy) is 1. The molecule has 0 aliphatic carbocycles. The summed E-state index contributed by atoms with van der Waals surface area (Å²) >= 11 is 5.95. The molecule has 0 saturated carbocycles. The molecule has 0 unspecified atom stereocenters. The summed E-state index contributed by atoms with van der Waals surface area (Å²) in [5.41, 5.74) is 5.92. The summed E-state index contributed by atoms with van der Waals surface area (Å²) in [6.07, 6.45) is 1.75. The Hall–Kier alpha value is -3.57. The Balaban J connectivity index is 1.69. The summed E-state index contributed by atoms with van der Waals surface area (Å²) in [4.78, 5) is 17.7. The Kier molecular flexibility index (Phi) is 5.31. The predicted molar refractivity (Wildman–Crippen MR) is 116 cm³/mol. The molecule has 1 N–H and O–H groups in total. The minimum absolute atomic E-state index is 0.241. The molecule has 3 aromatic rings. The lowest BCUT2D eigenvalue weighted by Crippen LogP contribution is -2.37. The highest BCUT2D eigenvalue weighted by molar-refractivity contribution is 6.30. The Morgan fingerprint density at radius 3 is 2.31 bits per heavy atom. The van der Waals surface area contributed by atoms with Crippen LogP contribution in [0.25, 0.3) is 6.08 Å². The van der Waals surface area contributed by atoms with E-state index in [1.807, 2.05) is 66.7 Å². The van der Waals surface area contributed by atoms with Gasteiger partial charge in [0.2, 0.25) is 0 Å². The topological polar surface area (TPSA) is 53.9 Å². The first-order valence-electron chi connectivity index (χ1n) is 9.00. The van der Waals surface area contributed by atoms with Gasteiger partial charge in [0.15, 0.2) is 5.84 Å². The number of carbonyl (C=O) groups excluding carboxylic acids is 1. The van der Waals surface area contributed by atoms with Crippen molar-refractivity contribution < 1.29 is 9.53 Å². The molecule has 0 bridgehead atoms. The minimum atomic E-state index is -0.241. The van der Waals surface area contributed by atoms with E-state index in [9.17, 15) is 4.79 Å². The molecule has 0 fully saturated rings. The Morgan fingerprint density at radius 2 is 1.66 bits per heavy atom. The van der Waals surface area contributed by atoms with E-state index in [2.05, 4.69) is 10.4 Å². The molecule has 4 rings (SSSR count). The lowest BCUT2D eigenvalue weighted by atomic mass is 10.2. The molecule has 6 heteroatoms. The lowest BCUT2D eigenvalue weighted by Gasteiger charge is -2.20. The number of hydrogen-bond donors (Lipinski definition) is 1. The smallest absolute Gasteiger partial charge is 0.297 e. The fraction of sp³-hybridized carbons (Fsp3) is 0.0435. The van der Waals surface area contributed by atoms with Crippen molar-refractivity contribution in [1.29, 1.82) is 0 Å². The van der Waals surface area contributed by atoms with Crippen molar-refractivity contribution in [3.63, 3.8) is 0 Å². The van der Waals surface area contributed by atoms with Crippen molar-refractivity contribution in [2.24, 2.45) is 4.99 Å². The van der Waals surface area contributed by atoms with Gasteiger partial charge in [0.05, 0.1) is 12.8 Å². The average molecular weight is 404 g/mol. The molecule has 0 spiro atoms. The maximum absolute atomic E-state index is 13.1. The summed E-state index contributed by atoms with van der Waals surface area (Å²) < 4.78 is 5.19. The zero-order valence-electron chi connectivity index (χ0n) is 15.7. The van der Waals surface area contributed by atoms with Gasteiger partial charge >= 0.3 is 0 Å². The van der Waals surface area contributed by atoms with E-state index in [0.717, 1.165) is 22.6 Å². The van der Waals surface area contributed by atoms with Crippen molar-refractivity contribution in [3.05, 3.63) is 101 Å². The normalized spacial score (nSPS) is 14.8. The van der Waals surface area contributed by atoms with Crippen molar-refractivity contribution in [2.45, 2.75) is 0 Å². The van der Waals surface area contributed by atoms with Gasteiger partial charge in [0.25, 0.3) is 5.91 Å². The molecule has 0 saturated heterocycles. The van der Waals surface area contributed by atoms with Crippen LogP contribution in [0.3, 0.4) is 0 Å². The fourth-order valence-electron chi connectivity index (χ4n) is 2.91. The SMILES string of the molecule is COc1ccc(NN2C(=O)C(=Cc3ccc(Cl)cc3)N=C2c2ccccc2)cc1. The van der Waals surface area contributed by atoms with Crippen LogP contribution in [0.5, 0.6) is 5.75 Å². The van der Waals surface area contributed by atoms with E-state index in [0.29, 0.717) is 16.6 Å². The van der Waals surface area contributed by atoms with E-state index >= 15 is 0 Å². The molecule has 1 aliphatic heterocycles. The van der Waals surface area contributed by atoms with Gasteiger partial charge in [-0.3, -0.25) is 10.2 Å². The predicted octanol–water partition coefficient (Wildman–Crippen LogP) is 5.01. The molecular formula is C23H18ClN3O2. The number of aliphatic imine (C=N–C) groups is 1. The van der Waals surface area contributed by atoms with Crippen LogP contribution in [-0.2, 0) is 4.79 Å². The van der Waals surface area contributed by atoms with Crippen LogP contribution in [0.4, 0.5) is 5.69 Å². The molecule has 0 atom stereocenters. The number of hydrazine groups is 1. The molecule has 144 valence electrons. The standard InChI is InChI=1S/C23H18ClN3O2/c1-29-20-13-11-19(12-14-20)26-27-22(17-5-3-2-4-6-17)25-21(23(27)28)15-16-7-9-18(24)10-8-16/h2-15,26H,1H3. The van der Waals surface area contributed by atoms with E-state index in [1.165, 1.54) is 5.01 Å². The monoisotopic (exact) mass is 403 g/mol. The first-order chi connectivity index (χ1) is 14.1. The maximum Gasteiger partial charge on any atom is 0.297 e. The highest BCUT2D eigenvalue weighted by Crippen LogP contribution is 2.24. The van der Waals surface area contributed by atoms with Gasteiger partial charge in [-0.1, -0.05) is 54.1 Å². The van der Waals surface area contributed by atoms with Crippen molar-refractivity contribution >= 4 is 35.1 Å². The number of hydrogen-bond acceptors (Lipinski definition) is 4. The Bertz CT molecular complexity index is 1080. The summed E-state index contributed by atoms with van der Waals surface area (Å²) in [5, 5.41) is 2.10. The number of carbonyl (C=O) groups is 1. The Labute approximate surface area is 173 Å². The second kappa shape index (κ2) is 8.20. The zero-order chi connectivity index (χ0) is 20.2. The van der Waals surface area contributed by atoms with E-state index < -0.39 is 0 Å². The number of amidine groups is 1. The fourth-order valence-corrected chi connectivity index (χ4v) is 3.04. The van der Waals surface area contributed by atoms with Gasteiger partial charge in [-0.25, -0.2) is 4.99 Å². The number of nitrogens with one attached hydrogen (secondary N) is 1. The maximum atomic E-state index is 13.1. The highest BCUT2D eigenvalue weighted by atomic mass is 35.5. The molecule has 0 radical (unpaired) electrons. The number of methoxy groups -OCH3 is 1. The third-order valence-corrected chi connectivity index (χ3v) is 4.65.